The van der Waals surface area contributed by atoms with Gasteiger partial charge < -0.3 is 14.8 Å². The maximum absolute atomic E-state index is 11.5. The molecule has 16 heavy (non-hydrogen) atoms. The number of hydrogen-bond acceptors (Lipinski definition) is 3. The van der Waals surface area contributed by atoms with Crippen LogP contribution in [0.2, 0.25) is 0 Å². The van der Waals surface area contributed by atoms with Crippen LogP contribution in [0.4, 0.5) is 4.79 Å². The van der Waals surface area contributed by atoms with E-state index in [-0.39, 0.29) is 18.1 Å². The van der Waals surface area contributed by atoms with E-state index in [0.717, 1.165) is 25.5 Å². The molecular formula is C12H21NO3. The van der Waals surface area contributed by atoms with Crippen molar-refractivity contribution >= 4 is 12.4 Å². The highest BCUT2D eigenvalue weighted by Crippen LogP contribution is 2.27. The Hall–Kier alpha value is -1.06. The quantitative estimate of drug-likeness (QED) is 0.752. The van der Waals surface area contributed by atoms with Crippen molar-refractivity contribution in [3.8, 4) is 0 Å². The van der Waals surface area contributed by atoms with Gasteiger partial charge in [0.15, 0.2) is 0 Å². The van der Waals surface area contributed by atoms with E-state index < -0.39 is 5.60 Å². The first-order chi connectivity index (χ1) is 7.42. The second-order valence-corrected chi connectivity index (χ2v) is 5.35. The van der Waals surface area contributed by atoms with E-state index in [1.54, 1.807) is 0 Å². The van der Waals surface area contributed by atoms with Crippen LogP contribution in [-0.2, 0) is 9.53 Å². The third-order valence-corrected chi connectivity index (χ3v) is 2.76. The lowest BCUT2D eigenvalue weighted by molar-refractivity contribution is -0.108. The van der Waals surface area contributed by atoms with Crippen molar-refractivity contribution in [1.82, 2.24) is 5.32 Å². The molecule has 0 radical (unpaired) electrons. The molecule has 0 aromatic carbocycles. The van der Waals surface area contributed by atoms with Crippen molar-refractivity contribution in [2.24, 2.45) is 5.92 Å². The molecule has 0 bridgehead atoms. The van der Waals surface area contributed by atoms with Crippen LogP contribution in [0.3, 0.4) is 0 Å². The summed E-state index contributed by atoms with van der Waals surface area (Å²) in [5.74, 6) is 0.282. The number of amides is 1. The van der Waals surface area contributed by atoms with Crippen LogP contribution in [0.15, 0.2) is 0 Å². The number of alkyl carbamates (subject to hydrolysis) is 1. The van der Waals surface area contributed by atoms with Gasteiger partial charge in [0, 0.05) is 12.5 Å². The first-order valence-electron chi connectivity index (χ1n) is 5.85. The van der Waals surface area contributed by atoms with Gasteiger partial charge in [0.1, 0.15) is 11.9 Å². The fourth-order valence-corrected chi connectivity index (χ4v) is 2.09. The molecule has 0 aromatic heterocycles. The third-order valence-electron chi connectivity index (χ3n) is 2.76. The predicted molar refractivity (Wildman–Crippen MR) is 61.2 cm³/mol. The average Bonchev–Trinajstić information content (AvgIpc) is 2.50. The van der Waals surface area contributed by atoms with Crippen molar-refractivity contribution < 1.29 is 14.3 Å². The van der Waals surface area contributed by atoms with Crippen LogP contribution in [0.1, 0.15) is 46.5 Å². The molecule has 1 fully saturated rings. The van der Waals surface area contributed by atoms with Crippen LogP contribution >= 0.6 is 0 Å². The van der Waals surface area contributed by atoms with E-state index in [4.69, 9.17) is 4.74 Å². The summed E-state index contributed by atoms with van der Waals surface area (Å²) in [6.45, 7) is 5.51. The topological polar surface area (TPSA) is 55.4 Å². The van der Waals surface area contributed by atoms with Gasteiger partial charge in [-0.1, -0.05) is 6.42 Å². The highest BCUT2D eigenvalue weighted by molar-refractivity contribution is 5.68. The van der Waals surface area contributed by atoms with Gasteiger partial charge in [-0.05, 0) is 39.5 Å². The Morgan fingerprint density at radius 1 is 1.44 bits per heavy atom. The average molecular weight is 227 g/mol. The number of aldehydes is 1. The lowest BCUT2D eigenvalue weighted by Gasteiger charge is -2.24. The van der Waals surface area contributed by atoms with Gasteiger partial charge in [0.05, 0.1) is 0 Å². The molecule has 0 aliphatic heterocycles. The second-order valence-electron chi connectivity index (χ2n) is 5.35. The van der Waals surface area contributed by atoms with Crippen molar-refractivity contribution in [2.75, 3.05) is 0 Å². The number of carbonyl (C=O) groups is 2. The molecule has 1 N–H and O–H groups in total. The largest absolute Gasteiger partial charge is 0.444 e. The Labute approximate surface area is 96.7 Å². The third kappa shape index (κ3) is 4.21. The van der Waals surface area contributed by atoms with E-state index in [1.165, 1.54) is 0 Å². The van der Waals surface area contributed by atoms with Crippen LogP contribution in [0, 0.1) is 5.92 Å². The molecule has 1 amide bonds. The van der Waals surface area contributed by atoms with Crippen LogP contribution < -0.4 is 5.32 Å². The van der Waals surface area contributed by atoms with Crippen LogP contribution in [0.5, 0.6) is 0 Å². The molecule has 0 saturated heterocycles. The number of rotatable bonds is 3. The zero-order chi connectivity index (χ0) is 12.2. The van der Waals surface area contributed by atoms with E-state index in [0.29, 0.717) is 6.42 Å². The van der Waals surface area contributed by atoms with Gasteiger partial charge in [0.25, 0.3) is 0 Å². The molecule has 0 spiro atoms. The fraction of sp³-hybridized carbons (Fsp3) is 0.833. The minimum absolute atomic E-state index is 0.0973. The minimum atomic E-state index is -0.469. The Bertz CT molecular complexity index is 257. The molecule has 1 saturated carbocycles. The smallest absolute Gasteiger partial charge is 0.407 e. The van der Waals surface area contributed by atoms with Crippen molar-refractivity contribution in [3.05, 3.63) is 0 Å². The van der Waals surface area contributed by atoms with Crippen molar-refractivity contribution in [1.29, 1.82) is 0 Å². The minimum Gasteiger partial charge on any atom is -0.444 e. The summed E-state index contributed by atoms with van der Waals surface area (Å²) in [7, 11) is 0. The van der Waals surface area contributed by atoms with Gasteiger partial charge >= 0.3 is 6.09 Å². The molecule has 92 valence electrons. The second kappa shape index (κ2) is 5.32. The summed E-state index contributed by atoms with van der Waals surface area (Å²) in [5.41, 5.74) is -0.469. The zero-order valence-corrected chi connectivity index (χ0v) is 10.3. The van der Waals surface area contributed by atoms with Gasteiger partial charge in [-0.25, -0.2) is 4.79 Å². The van der Waals surface area contributed by atoms with Crippen molar-refractivity contribution in [3.63, 3.8) is 0 Å². The van der Waals surface area contributed by atoms with Crippen LogP contribution in [0.25, 0.3) is 0 Å². The molecule has 1 aliphatic rings. The molecule has 0 heterocycles. The molecule has 4 nitrogen and oxygen atoms in total. The molecule has 1 rings (SSSR count). The summed E-state index contributed by atoms with van der Waals surface area (Å²) in [5, 5.41) is 2.85. The molecular weight excluding hydrogens is 206 g/mol. The monoisotopic (exact) mass is 227 g/mol. The Kier molecular flexibility index (Phi) is 4.33. The van der Waals surface area contributed by atoms with E-state index >= 15 is 0 Å². The number of carbonyl (C=O) groups excluding carboxylic acids is 2. The number of hydrogen-bond donors (Lipinski definition) is 1. The standard InChI is InChI=1S/C12H21NO3/c1-12(2,3)16-11(15)13-10-6-4-5-9(10)7-8-14/h8-10H,4-7H2,1-3H3,(H,13,15)/t9-,10+/m0/s1. The van der Waals surface area contributed by atoms with Gasteiger partial charge in [-0.15, -0.1) is 0 Å². The molecule has 4 heteroatoms. The van der Waals surface area contributed by atoms with Crippen molar-refractivity contribution in [2.45, 2.75) is 58.1 Å². The van der Waals surface area contributed by atoms with E-state index in [1.807, 2.05) is 20.8 Å². The molecule has 2 atom stereocenters. The summed E-state index contributed by atoms with van der Waals surface area (Å²) in [6.07, 6.45) is 4.10. The first kappa shape index (κ1) is 13.0. The van der Waals surface area contributed by atoms with E-state index in [9.17, 15) is 9.59 Å². The SMILES string of the molecule is CC(C)(C)OC(=O)N[C@@H]1CCC[C@H]1CC=O. The lowest BCUT2D eigenvalue weighted by atomic mass is 10.0. The number of ether oxygens (including phenoxy) is 1. The normalized spacial score (nSPS) is 25.2. The Morgan fingerprint density at radius 2 is 2.12 bits per heavy atom. The highest BCUT2D eigenvalue weighted by Gasteiger charge is 2.29. The Balaban J connectivity index is 2.41. The first-order valence-corrected chi connectivity index (χ1v) is 5.85. The molecule has 1 aliphatic carbocycles. The Morgan fingerprint density at radius 3 is 2.69 bits per heavy atom. The predicted octanol–water partition coefficient (Wildman–Crippen LogP) is 2.27. The van der Waals surface area contributed by atoms with Gasteiger partial charge in [-0.2, -0.15) is 0 Å². The summed E-state index contributed by atoms with van der Waals surface area (Å²) in [6, 6.07) is 0.0973. The summed E-state index contributed by atoms with van der Waals surface area (Å²) < 4.78 is 5.19. The van der Waals surface area contributed by atoms with E-state index in [2.05, 4.69) is 5.32 Å². The maximum Gasteiger partial charge on any atom is 0.407 e. The maximum atomic E-state index is 11.5. The molecule has 0 unspecified atom stereocenters. The van der Waals surface area contributed by atoms with Gasteiger partial charge in [0.2, 0.25) is 0 Å². The molecule has 0 aromatic rings. The zero-order valence-electron chi connectivity index (χ0n) is 10.3. The number of nitrogens with one attached hydrogen (secondary N) is 1. The highest BCUT2D eigenvalue weighted by atomic mass is 16.6. The summed E-state index contributed by atoms with van der Waals surface area (Å²) >= 11 is 0. The fourth-order valence-electron chi connectivity index (χ4n) is 2.09. The summed E-state index contributed by atoms with van der Waals surface area (Å²) in [4.78, 5) is 22.0. The van der Waals surface area contributed by atoms with Crippen LogP contribution in [-0.4, -0.2) is 24.0 Å². The van der Waals surface area contributed by atoms with Gasteiger partial charge in [-0.3, -0.25) is 0 Å². The lowest BCUT2D eigenvalue weighted by Crippen LogP contribution is -2.40.